The van der Waals surface area contributed by atoms with Gasteiger partial charge in [-0.15, -0.1) is 0 Å². The second-order valence-corrected chi connectivity index (χ2v) is 4.98. The summed E-state index contributed by atoms with van der Waals surface area (Å²) in [5, 5.41) is 3.26. The largest absolute Gasteiger partial charge is 0.389 e. The first-order valence-corrected chi connectivity index (χ1v) is 6.39. The molecule has 3 N–H and O–H groups in total. The molecule has 2 aromatic rings. The summed E-state index contributed by atoms with van der Waals surface area (Å²) in [5.74, 6) is -0.428. The lowest BCUT2D eigenvalue weighted by Crippen LogP contribution is -2.12. The molecule has 0 aliphatic rings. The third-order valence-corrected chi connectivity index (χ3v) is 3.20. The van der Waals surface area contributed by atoms with E-state index in [0.717, 1.165) is 5.56 Å². The van der Waals surface area contributed by atoms with Gasteiger partial charge in [-0.25, -0.2) is 4.39 Å². The second-order valence-electron chi connectivity index (χ2n) is 4.13. The normalized spacial score (nSPS) is 10.3. The Bertz CT molecular complexity index is 623. The topological polar surface area (TPSA) is 38.0 Å². The molecule has 5 heteroatoms. The van der Waals surface area contributed by atoms with Crippen LogP contribution in [0.2, 0.25) is 5.02 Å². The van der Waals surface area contributed by atoms with E-state index in [1.54, 1.807) is 18.2 Å². The van der Waals surface area contributed by atoms with E-state index in [2.05, 4.69) is 5.32 Å². The maximum Gasteiger partial charge on any atom is 0.148 e. The number of benzene rings is 2. The van der Waals surface area contributed by atoms with Crippen molar-refractivity contribution in [3.63, 3.8) is 0 Å². The molecule has 2 rings (SSSR count). The van der Waals surface area contributed by atoms with E-state index in [4.69, 9.17) is 29.6 Å². The molecule has 98 valence electrons. The summed E-state index contributed by atoms with van der Waals surface area (Å²) in [6.07, 6.45) is 0. The first kappa shape index (κ1) is 13.8. The monoisotopic (exact) mass is 294 g/mol. The lowest BCUT2D eigenvalue weighted by atomic mass is 10.1. The molecular formula is C14H12ClFN2S. The molecule has 0 spiro atoms. The Balaban J connectivity index is 2.49. The van der Waals surface area contributed by atoms with Crippen molar-refractivity contribution >= 4 is 40.2 Å². The third-order valence-electron chi connectivity index (χ3n) is 2.66. The quantitative estimate of drug-likeness (QED) is 0.835. The fourth-order valence-corrected chi connectivity index (χ4v) is 2.12. The number of thiocarbonyl (C=S) groups is 1. The van der Waals surface area contributed by atoms with Crippen LogP contribution < -0.4 is 11.1 Å². The number of nitrogens with one attached hydrogen (secondary N) is 1. The van der Waals surface area contributed by atoms with E-state index in [1.165, 1.54) is 6.07 Å². The van der Waals surface area contributed by atoms with E-state index in [9.17, 15) is 4.39 Å². The third kappa shape index (κ3) is 3.03. The number of halogens is 2. The Kier molecular flexibility index (Phi) is 4.02. The summed E-state index contributed by atoms with van der Waals surface area (Å²) in [6.45, 7) is 1.93. The fraction of sp³-hybridized carbons (Fsp3) is 0.0714. The van der Waals surface area contributed by atoms with Crippen molar-refractivity contribution in [1.82, 2.24) is 0 Å². The van der Waals surface area contributed by atoms with Gasteiger partial charge in [-0.2, -0.15) is 0 Å². The molecule has 0 aliphatic carbocycles. The van der Waals surface area contributed by atoms with E-state index in [1.807, 2.05) is 19.1 Å². The van der Waals surface area contributed by atoms with Crippen LogP contribution in [0.15, 0.2) is 36.4 Å². The Morgan fingerprint density at radius 3 is 2.68 bits per heavy atom. The highest BCUT2D eigenvalue weighted by Crippen LogP contribution is 2.30. The van der Waals surface area contributed by atoms with Crippen molar-refractivity contribution in [3.8, 4) is 0 Å². The molecule has 2 aromatic carbocycles. The van der Waals surface area contributed by atoms with Crippen LogP contribution in [0.5, 0.6) is 0 Å². The van der Waals surface area contributed by atoms with Crippen LogP contribution in [0.1, 0.15) is 11.1 Å². The highest BCUT2D eigenvalue weighted by molar-refractivity contribution is 7.80. The fourth-order valence-electron chi connectivity index (χ4n) is 1.73. The molecule has 19 heavy (non-hydrogen) atoms. The van der Waals surface area contributed by atoms with Gasteiger partial charge < -0.3 is 11.1 Å². The number of hydrogen-bond acceptors (Lipinski definition) is 2. The number of anilines is 2. The van der Waals surface area contributed by atoms with Gasteiger partial charge in [-0.3, -0.25) is 0 Å². The van der Waals surface area contributed by atoms with Gasteiger partial charge in [0.25, 0.3) is 0 Å². The summed E-state index contributed by atoms with van der Waals surface area (Å²) in [6, 6.07) is 10.0. The first-order valence-electron chi connectivity index (χ1n) is 5.60. The van der Waals surface area contributed by atoms with Crippen molar-refractivity contribution in [2.24, 2.45) is 5.73 Å². The molecule has 0 aromatic heterocycles. The van der Waals surface area contributed by atoms with Gasteiger partial charge in [0, 0.05) is 11.3 Å². The van der Waals surface area contributed by atoms with Crippen LogP contribution in [0, 0.1) is 12.7 Å². The van der Waals surface area contributed by atoms with Crippen molar-refractivity contribution in [3.05, 3.63) is 58.4 Å². The SMILES string of the molecule is Cc1ccc(C(N)=S)c(Nc2c(F)cccc2Cl)c1. The number of aryl methyl sites for hydroxylation is 1. The molecule has 0 unspecified atom stereocenters. The van der Waals surface area contributed by atoms with Crippen molar-refractivity contribution in [2.45, 2.75) is 6.92 Å². The zero-order chi connectivity index (χ0) is 14.0. The summed E-state index contributed by atoms with van der Waals surface area (Å²) in [5.41, 5.74) is 8.17. The van der Waals surface area contributed by atoms with E-state index in [0.29, 0.717) is 16.3 Å². The summed E-state index contributed by atoms with van der Waals surface area (Å²) in [7, 11) is 0. The predicted octanol–water partition coefficient (Wildman–Crippen LogP) is 4.17. The summed E-state index contributed by atoms with van der Waals surface area (Å²) in [4.78, 5) is 0.245. The molecular weight excluding hydrogens is 283 g/mol. The van der Waals surface area contributed by atoms with Crippen LogP contribution in [0.3, 0.4) is 0 Å². The minimum atomic E-state index is -0.428. The van der Waals surface area contributed by atoms with Crippen molar-refractivity contribution in [1.29, 1.82) is 0 Å². The Morgan fingerprint density at radius 1 is 1.32 bits per heavy atom. The van der Waals surface area contributed by atoms with Crippen LogP contribution >= 0.6 is 23.8 Å². The van der Waals surface area contributed by atoms with Crippen molar-refractivity contribution in [2.75, 3.05) is 5.32 Å². The standard InChI is InChI=1S/C14H12ClFN2S/c1-8-5-6-9(14(17)19)12(7-8)18-13-10(15)3-2-4-11(13)16/h2-7,18H,1H3,(H2,17,19). The van der Waals surface area contributed by atoms with Gasteiger partial charge in [-0.1, -0.05) is 36.0 Å². The molecule has 0 radical (unpaired) electrons. The van der Waals surface area contributed by atoms with Crippen molar-refractivity contribution < 1.29 is 4.39 Å². The van der Waals surface area contributed by atoms with Gasteiger partial charge in [0.1, 0.15) is 10.8 Å². The highest BCUT2D eigenvalue weighted by atomic mass is 35.5. The molecule has 2 nitrogen and oxygen atoms in total. The molecule has 0 amide bonds. The Morgan fingerprint density at radius 2 is 2.05 bits per heavy atom. The smallest absolute Gasteiger partial charge is 0.148 e. The molecule has 0 fully saturated rings. The molecule has 0 heterocycles. The number of rotatable bonds is 3. The zero-order valence-electron chi connectivity index (χ0n) is 10.2. The molecule has 0 saturated heterocycles. The average Bonchev–Trinajstić information content (AvgIpc) is 2.33. The molecule has 0 aliphatic heterocycles. The van der Waals surface area contributed by atoms with E-state index in [-0.39, 0.29) is 10.7 Å². The summed E-state index contributed by atoms with van der Waals surface area (Å²) < 4.78 is 13.8. The molecule has 0 atom stereocenters. The number of hydrogen-bond donors (Lipinski definition) is 2. The van der Waals surface area contributed by atoms with Gasteiger partial charge in [-0.05, 0) is 36.8 Å². The first-order chi connectivity index (χ1) is 8.99. The second kappa shape index (κ2) is 5.55. The molecule has 0 saturated carbocycles. The minimum Gasteiger partial charge on any atom is -0.389 e. The Labute approximate surface area is 121 Å². The predicted molar refractivity (Wildman–Crippen MR) is 81.8 cm³/mol. The van der Waals surface area contributed by atoms with Crippen LogP contribution in [0.4, 0.5) is 15.8 Å². The maximum absolute atomic E-state index is 13.8. The zero-order valence-corrected chi connectivity index (χ0v) is 11.8. The summed E-state index contributed by atoms with van der Waals surface area (Å²) >= 11 is 11.0. The number of nitrogens with two attached hydrogens (primary N) is 1. The van der Waals surface area contributed by atoms with Crippen LogP contribution in [-0.4, -0.2) is 4.99 Å². The average molecular weight is 295 g/mol. The maximum atomic E-state index is 13.8. The van der Waals surface area contributed by atoms with Crippen LogP contribution in [0.25, 0.3) is 0 Å². The molecule has 0 bridgehead atoms. The lowest BCUT2D eigenvalue weighted by molar-refractivity contribution is 0.632. The lowest BCUT2D eigenvalue weighted by Gasteiger charge is -2.14. The van der Waals surface area contributed by atoms with Gasteiger partial charge in [0.15, 0.2) is 0 Å². The van der Waals surface area contributed by atoms with E-state index >= 15 is 0 Å². The minimum absolute atomic E-state index is 0.215. The van der Waals surface area contributed by atoms with Crippen LogP contribution in [-0.2, 0) is 0 Å². The highest BCUT2D eigenvalue weighted by Gasteiger charge is 2.11. The van der Waals surface area contributed by atoms with Gasteiger partial charge >= 0.3 is 0 Å². The van der Waals surface area contributed by atoms with Gasteiger partial charge in [0.2, 0.25) is 0 Å². The van der Waals surface area contributed by atoms with Gasteiger partial charge in [0.05, 0.1) is 10.7 Å². The Hall–Kier alpha value is -1.65. The van der Waals surface area contributed by atoms with E-state index < -0.39 is 5.82 Å². The number of para-hydroxylation sites is 1.